The molecule has 0 aliphatic carbocycles. The average Bonchev–Trinajstić information content (AvgIpc) is 2.94. The van der Waals surface area contributed by atoms with Crippen LogP contribution in [0.4, 0.5) is 5.95 Å². The molecular weight excluding hydrogens is 262 g/mol. The van der Waals surface area contributed by atoms with Crippen molar-refractivity contribution in [1.82, 2.24) is 19.9 Å². The summed E-state index contributed by atoms with van der Waals surface area (Å²) in [7, 11) is 0. The second kappa shape index (κ2) is 4.98. The number of rotatable bonds is 1. The lowest BCUT2D eigenvalue weighted by atomic mass is 9.74. The highest BCUT2D eigenvalue weighted by Crippen LogP contribution is 2.36. The number of anilines is 1. The summed E-state index contributed by atoms with van der Waals surface area (Å²) in [5, 5.41) is 8.31. The molecule has 0 aromatic carbocycles. The first-order valence-electron chi connectivity index (χ1n) is 8.04. The molecule has 1 N–H and O–H groups in total. The van der Waals surface area contributed by atoms with Crippen LogP contribution in [0.1, 0.15) is 31.4 Å². The van der Waals surface area contributed by atoms with E-state index in [1.165, 1.54) is 32.2 Å². The Balaban J connectivity index is 1.63. The number of pyridine rings is 1. The van der Waals surface area contributed by atoms with Crippen molar-refractivity contribution in [3.63, 3.8) is 0 Å². The predicted molar refractivity (Wildman–Crippen MR) is 83.7 cm³/mol. The second-order valence-electron chi connectivity index (χ2n) is 6.65. The zero-order valence-corrected chi connectivity index (χ0v) is 12.7. The number of aryl methyl sites for hydroxylation is 1. The molecule has 5 heteroatoms. The fraction of sp³-hybridized carbons (Fsp3) is 0.625. The molecule has 0 bridgehead atoms. The Labute approximate surface area is 125 Å². The van der Waals surface area contributed by atoms with Crippen molar-refractivity contribution >= 4 is 11.6 Å². The third-order valence-electron chi connectivity index (χ3n) is 5.04. The van der Waals surface area contributed by atoms with Crippen molar-refractivity contribution in [1.29, 1.82) is 0 Å². The number of nitrogens with zero attached hydrogens (tertiary/aromatic N) is 4. The maximum atomic E-state index is 4.73. The molecule has 4 heterocycles. The monoisotopic (exact) mass is 285 g/mol. The first-order valence-corrected chi connectivity index (χ1v) is 8.04. The van der Waals surface area contributed by atoms with E-state index in [-0.39, 0.29) is 0 Å². The number of aromatic nitrogens is 3. The molecule has 1 spiro atoms. The van der Waals surface area contributed by atoms with Gasteiger partial charge in [0.25, 0.3) is 0 Å². The van der Waals surface area contributed by atoms with Gasteiger partial charge in [0.2, 0.25) is 5.95 Å². The average molecular weight is 285 g/mol. The van der Waals surface area contributed by atoms with Crippen molar-refractivity contribution in [2.45, 2.75) is 32.6 Å². The maximum absolute atomic E-state index is 4.73. The Kier molecular flexibility index (Phi) is 3.10. The van der Waals surface area contributed by atoms with Gasteiger partial charge in [0.1, 0.15) is 0 Å². The number of fused-ring (bicyclic) bond motifs is 1. The highest BCUT2D eigenvalue weighted by Gasteiger charge is 2.37. The smallest absolute Gasteiger partial charge is 0.245 e. The van der Waals surface area contributed by atoms with Crippen LogP contribution >= 0.6 is 0 Å². The van der Waals surface area contributed by atoms with E-state index in [9.17, 15) is 0 Å². The molecule has 2 fully saturated rings. The van der Waals surface area contributed by atoms with Crippen molar-refractivity contribution in [2.75, 3.05) is 31.1 Å². The molecule has 0 radical (unpaired) electrons. The van der Waals surface area contributed by atoms with Gasteiger partial charge in [-0.05, 0) is 51.3 Å². The lowest BCUT2D eigenvalue weighted by Crippen LogP contribution is -2.51. The maximum Gasteiger partial charge on any atom is 0.245 e. The number of hydrogen-bond donors (Lipinski definition) is 1. The minimum Gasteiger partial charge on any atom is -0.339 e. The summed E-state index contributed by atoms with van der Waals surface area (Å²) in [6.07, 6.45) is 5.22. The highest BCUT2D eigenvalue weighted by molar-refractivity contribution is 5.46. The fourth-order valence-electron chi connectivity index (χ4n) is 3.92. The minimum absolute atomic E-state index is 0.434. The van der Waals surface area contributed by atoms with E-state index in [1.807, 2.05) is 16.6 Å². The van der Waals surface area contributed by atoms with Gasteiger partial charge in [-0.25, -0.2) is 4.52 Å². The molecule has 1 unspecified atom stereocenters. The van der Waals surface area contributed by atoms with Crippen LogP contribution in [0.15, 0.2) is 18.2 Å². The van der Waals surface area contributed by atoms with Crippen LogP contribution in [0.2, 0.25) is 0 Å². The molecule has 21 heavy (non-hydrogen) atoms. The molecule has 112 valence electrons. The van der Waals surface area contributed by atoms with E-state index in [2.05, 4.69) is 23.2 Å². The summed E-state index contributed by atoms with van der Waals surface area (Å²) < 4.78 is 1.95. The van der Waals surface area contributed by atoms with Crippen molar-refractivity contribution in [3.8, 4) is 0 Å². The van der Waals surface area contributed by atoms with Gasteiger partial charge in [-0.3, -0.25) is 0 Å². The van der Waals surface area contributed by atoms with E-state index >= 15 is 0 Å². The lowest BCUT2D eigenvalue weighted by molar-refractivity contribution is 0.172. The Morgan fingerprint density at radius 2 is 2.14 bits per heavy atom. The van der Waals surface area contributed by atoms with Crippen LogP contribution in [0.5, 0.6) is 0 Å². The quantitative estimate of drug-likeness (QED) is 0.870. The van der Waals surface area contributed by atoms with Gasteiger partial charge in [0, 0.05) is 30.7 Å². The molecule has 0 saturated carbocycles. The third kappa shape index (κ3) is 2.29. The van der Waals surface area contributed by atoms with Crippen LogP contribution in [0, 0.1) is 12.3 Å². The van der Waals surface area contributed by atoms with E-state index in [0.717, 1.165) is 36.9 Å². The molecule has 4 rings (SSSR count). The molecule has 2 aliphatic heterocycles. The first-order chi connectivity index (χ1) is 10.3. The first kappa shape index (κ1) is 13.1. The van der Waals surface area contributed by atoms with E-state index in [4.69, 9.17) is 10.1 Å². The van der Waals surface area contributed by atoms with E-state index in [1.54, 1.807) is 0 Å². The van der Waals surface area contributed by atoms with Crippen LogP contribution in [-0.4, -0.2) is 40.8 Å². The summed E-state index contributed by atoms with van der Waals surface area (Å²) >= 11 is 0. The molecule has 5 nitrogen and oxygen atoms in total. The molecule has 0 amide bonds. The van der Waals surface area contributed by atoms with E-state index < -0.39 is 0 Å². The van der Waals surface area contributed by atoms with E-state index in [0.29, 0.717) is 5.41 Å². The molecule has 2 saturated heterocycles. The Hall–Kier alpha value is -1.62. The van der Waals surface area contributed by atoms with Gasteiger partial charge in [-0.1, -0.05) is 6.07 Å². The zero-order chi connectivity index (χ0) is 14.3. The van der Waals surface area contributed by atoms with Crippen LogP contribution in [0.3, 0.4) is 0 Å². The second-order valence-corrected chi connectivity index (χ2v) is 6.65. The number of hydrogen-bond acceptors (Lipinski definition) is 4. The highest BCUT2D eigenvalue weighted by atomic mass is 15.4. The van der Waals surface area contributed by atoms with Gasteiger partial charge in [-0.15, -0.1) is 5.10 Å². The standard InChI is InChI=1S/C16H23N5/c1-13-5-2-6-14-18-15(19-21(13)14)20-10-4-8-16(12-20)7-3-9-17-11-16/h2,5-6,17H,3-4,7-12H2,1H3. The van der Waals surface area contributed by atoms with Gasteiger partial charge in [0.05, 0.1) is 0 Å². The normalized spacial score (nSPS) is 26.6. The van der Waals surface area contributed by atoms with Gasteiger partial charge < -0.3 is 10.2 Å². The molecule has 2 aromatic rings. The van der Waals surface area contributed by atoms with Gasteiger partial charge in [0.15, 0.2) is 5.65 Å². The number of nitrogens with one attached hydrogen (secondary N) is 1. The SMILES string of the molecule is Cc1cccc2nc(N3CCCC4(CCCNC4)C3)nn12. The summed E-state index contributed by atoms with van der Waals surface area (Å²) in [5.74, 6) is 0.897. The topological polar surface area (TPSA) is 45.5 Å². The predicted octanol–water partition coefficient (Wildman–Crippen LogP) is 2.01. The van der Waals surface area contributed by atoms with Gasteiger partial charge in [-0.2, -0.15) is 4.98 Å². The molecule has 2 aromatic heterocycles. The number of piperidine rings is 2. The lowest BCUT2D eigenvalue weighted by Gasteiger charge is -2.45. The van der Waals surface area contributed by atoms with Crippen molar-refractivity contribution in [3.05, 3.63) is 23.9 Å². The van der Waals surface area contributed by atoms with Gasteiger partial charge >= 0.3 is 0 Å². The summed E-state index contributed by atoms with van der Waals surface area (Å²) in [4.78, 5) is 7.12. The minimum atomic E-state index is 0.434. The zero-order valence-electron chi connectivity index (χ0n) is 12.7. The largest absolute Gasteiger partial charge is 0.339 e. The van der Waals surface area contributed by atoms with Crippen LogP contribution < -0.4 is 10.2 Å². The Morgan fingerprint density at radius 1 is 1.24 bits per heavy atom. The molecular formula is C16H23N5. The summed E-state index contributed by atoms with van der Waals surface area (Å²) in [6.45, 7) is 6.57. The molecule has 2 aliphatic rings. The summed E-state index contributed by atoms with van der Waals surface area (Å²) in [6, 6.07) is 6.16. The van der Waals surface area contributed by atoms with Crippen LogP contribution in [-0.2, 0) is 0 Å². The third-order valence-corrected chi connectivity index (χ3v) is 5.04. The summed E-state index contributed by atoms with van der Waals surface area (Å²) in [5.41, 5.74) is 2.52. The fourth-order valence-corrected chi connectivity index (χ4v) is 3.92. The Morgan fingerprint density at radius 3 is 2.95 bits per heavy atom. The van der Waals surface area contributed by atoms with Crippen molar-refractivity contribution < 1.29 is 0 Å². The molecule has 1 atom stereocenters. The Bertz CT molecular complexity index is 636. The van der Waals surface area contributed by atoms with Crippen molar-refractivity contribution in [2.24, 2.45) is 5.41 Å². The van der Waals surface area contributed by atoms with Crippen LogP contribution in [0.25, 0.3) is 5.65 Å².